The molecule has 0 radical (unpaired) electrons. The molecule has 1 fully saturated rings. The van der Waals surface area contributed by atoms with Crippen molar-refractivity contribution in [2.75, 3.05) is 38.1 Å². The average Bonchev–Trinajstić information content (AvgIpc) is 3.16. The van der Waals surface area contributed by atoms with Crippen LogP contribution in [0.4, 0.5) is 5.69 Å². The fourth-order valence-electron chi connectivity index (χ4n) is 2.84. The number of nitrogens with zero attached hydrogens (tertiary/aromatic N) is 2. The summed E-state index contributed by atoms with van der Waals surface area (Å²) < 4.78 is 10.4. The van der Waals surface area contributed by atoms with Gasteiger partial charge in [0.1, 0.15) is 5.76 Å². The largest absolute Gasteiger partial charge is 0.468 e. The Bertz CT molecular complexity index is 723. The molecule has 0 amide bonds. The van der Waals surface area contributed by atoms with Crippen molar-refractivity contribution in [2.45, 2.75) is 13.5 Å². The standard InChI is InChI=1S/C19H23N3O3S/c1-2-24-18(23)15-5-7-16(8-6-15)20-19(26)22-11-9-21(10-12-22)14-17-4-3-13-25-17/h3-8,13H,2,9-12,14H2,1H3,(H,20,26). The quantitative estimate of drug-likeness (QED) is 0.639. The van der Waals surface area contributed by atoms with E-state index in [4.69, 9.17) is 21.4 Å². The van der Waals surface area contributed by atoms with E-state index in [-0.39, 0.29) is 5.97 Å². The number of benzene rings is 1. The Balaban J connectivity index is 1.47. The van der Waals surface area contributed by atoms with Gasteiger partial charge >= 0.3 is 5.97 Å². The Morgan fingerprint density at radius 2 is 1.92 bits per heavy atom. The Kier molecular flexibility index (Phi) is 6.25. The van der Waals surface area contributed by atoms with E-state index in [2.05, 4.69) is 15.1 Å². The Hall–Kier alpha value is -2.38. The molecule has 0 bridgehead atoms. The van der Waals surface area contributed by atoms with E-state index >= 15 is 0 Å². The summed E-state index contributed by atoms with van der Waals surface area (Å²) in [5.74, 6) is 0.676. The minimum absolute atomic E-state index is 0.311. The van der Waals surface area contributed by atoms with Crippen LogP contribution in [0.15, 0.2) is 47.1 Å². The van der Waals surface area contributed by atoms with Crippen LogP contribution in [0.3, 0.4) is 0 Å². The van der Waals surface area contributed by atoms with Gasteiger partial charge in [0.15, 0.2) is 5.11 Å². The van der Waals surface area contributed by atoms with Crippen molar-refractivity contribution in [3.05, 3.63) is 54.0 Å². The van der Waals surface area contributed by atoms with Crippen LogP contribution in [0.1, 0.15) is 23.0 Å². The van der Waals surface area contributed by atoms with E-state index in [9.17, 15) is 4.79 Å². The molecule has 6 nitrogen and oxygen atoms in total. The molecule has 1 aromatic carbocycles. The van der Waals surface area contributed by atoms with Crippen LogP contribution in [-0.4, -0.2) is 53.7 Å². The average molecular weight is 373 g/mol. The molecule has 2 heterocycles. The summed E-state index contributed by atoms with van der Waals surface area (Å²) in [7, 11) is 0. The van der Waals surface area contributed by atoms with Gasteiger partial charge in [0.25, 0.3) is 0 Å². The Morgan fingerprint density at radius 3 is 2.54 bits per heavy atom. The van der Waals surface area contributed by atoms with Gasteiger partial charge in [-0.05, 0) is 55.5 Å². The summed E-state index contributed by atoms with van der Waals surface area (Å²) >= 11 is 5.52. The SMILES string of the molecule is CCOC(=O)c1ccc(NC(=S)N2CCN(Cc3ccco3)CC2)cc1. The van der Waals surface area contributed by atoms with Crippen molar-refractivity contribution in [1.29, 1.82) is 0 Å². The fourth-order valence-corrected chi connectivity index (χ4v) is 3.14. The summed E-state index contributed by atoms with van der Waals surface area (Å²) in [6.07, 6.45) is 1.71. The van der Waals surface area contributed by atoms with Crippen molar-refractivity contribution < 1.29 is 13.9 Å². The van der Waals surface area contributed by atoms with Crippen LogP contribution < -0.4 is 5.32 Å². The summed E-state index contributed by atoms with van der Waals surface area (Å²) in [4.78, 5) is 16.2. The topological polar surface area (TPSA) is 58.0 Å². The van der Waals surface area contributed by atoms with E-state index < -0.39 is 0 Å². The maximum Gasteiger partial charge on any atom is 0.338 e. The molecule has 1 N–H and O–H groups in total. The van der Waals surface area contributed by atoms with Gasteiger partial charge in [-0.15, -0.1) is 0 Å². The smallest absolute Gasteiger partial charge is 0.338 e. The van der Waals surface area contributed by atoms with Crippen LogP contribution in [0.2, 0.25) is 0 Å². The zero-order chi connectivity index (χ0) is 18.4. The molecule has 0 saturated carbocycles. The molecule has 1 aromatic heterocycles. The molecule has 2 aromatic rings. The molecule has 0 atom stereocenters. The van der Waals surface area contributed by atoms with Crippen LogP contribution in [-0.2, 0) is 11.3 Å². The molecular formula is C19H23N3O3S. The number of carbonyl (C=O) groups excluding carboxylic acids is 1. The van der Waals surface area contributed by atoms with Crippen LogP contribution in [0.25, 0.3) is 0 Å². The predicted molar refractivity (Wildman–Crippen MR) is 104 cm³/mol. The van der Waals surface area contributed by atoms with Gasteiger partial charge in [0, 0.05) is 31.9 Å². The number of thiocarbonyl (C=S) groups is 1. The second-order valence-corrected chi connectivity index (χ2v) is 6.46. The highest BCUT2D eigenvalue weighted by Gasteiger charge is 2.19. The number of hydrogen-bond donors (Lipinski definition) is 1. The summed E-state index contributed by atoms with van der Waals surface area (Å²) in [6.45, 7) is 6.60. The first-order chi connectivity index (χ1) is 12.7. The lowest BCUT2D eigenvalue weighted by Crippen LogP contribution is -2.49. The summed E-state index contributed by atoms with van der Waals surface area (Å²) in [5, 5.41) is 3.94. The van der Waals surface area contributed by atoms with Gasteiger partial charge in [0.05, 0.1) is 25.0 Å². The highest BCUT2D eigenvalue weighted by molar-refractivity contribution is 7.80. The van der Waals surface area contributed by atoms with Gasteiger partial charge in [-0.25, -0.2) is 4.79 Å². The third-order valence-corrected chi connectivity index (χ3v) is 4.63. The Labute approximate surface area is 158 Å². The number of piperazine rings is 1. The van der Waals surface area contributed by atoms with Crippen molar-refractivity contribution in [1.82, 2.24) is 9.80 Å². The molecule has 3 rings (SSSR count). The zero-order valence-corrected chi connectivity index (χ0v) is 15.6. The Morgan fingerprint density at radius 1 is 1.19 bits per heavy atom. The molecule has 138 valence electrons. The van der Waals surface area contributed by atoms with Gasteiger partial charge in [-0.2, -0.15) is 0 Å². The minimum atomic E-state index is -0.311. The summed E-state index contributed by atoms with van der Waals surface area (Å²) in [6, 6.07) is 11.1. The molecule has 1 aliphatic heterocycles. The van der Waals surface area contributed by atoms with Gasteiger partial charge in [0.2, 0.25) is 0 Å². The van der Waals surface area contributed by atoms with E-state index in [0.717, 1.165) is 44.2 Å². The number of esters is 1. The van der Waals surface area contributed by atoms with Crippen LogP contribution >= 0.6 is 12.2 Å². The maximum atomic E-state index is 11.7. The van der Waals surface area contributed by atoms with Crippen LogP contribution in [0, 0.1) is 0 Å². The fraction of sp³-hybridized carbons (Fsp3) is 0.368. The maximum absolute atomic E-state index is 11.7. The lowest BCUT2D eigenvalue weighted by Gasteiger charge is -2.35. The van der Waals surface area contributed by atoms with Gasteiger partial charge < -0.3 is 19.4 Å². The second kappa shape index (κ2) is 8.82. The summed E-state index contributed by atoms with van der Waals surface area (Å²) in [5.41, 5.74) is 1.40. The molecule has 7 heteroatoms. The van der Waals surface area contributed by atoms with E-state index in [0.29, 0.717) is 17.3 Å². The molecular weight excluding hydrogens is 350 g/mol. The molecule has 0 aliphatic carbocycles. The second-order valence-electron chi connectivity index (χ2n) is 6.07. The molecule has 1 saturated heterocycles. The van der Waals surface area contributed by atoms with Gasteiger partial charge in [-0.3, -0.25) is 4.90 Å². The number of nitrogens with one attached hydrogen (secondary N) is 1. The normalized spacial score (nSPS) is 14.9. The number of rotatable bonds is 5. The lowest BCUT2D eigenvalue weighted by molar-refractivity contribution is 0.0526. The number of carbonyl (C=O) groups is 1. The zero-order valence-electron chi connectivity index (χ0n) is 14.8. The number of anilines is 1. The molecule has 0 unspecified atom stereocenters. The van der Waals surface area contributed by atoms with E-state index in [1.54, 1.807) is 25.3 Å². The van der Waals surface area contributed by atoms with Gasteiger partial charge in [-0.1, -0.05) is 0 Å². The highest BCUT2D eigenvalue weighted by atomic mass is 32.1. The number of furan rings is 1. The lowest BCUT2D eigenvalue weighted by atomic mass is 10.2. The third kappa shape index (κ3) is 4.83. The third-order valence-electron chi connectivity index (χ3n) is 4.27. The minimum Gasteiger partial charge on any atom is -0.468 e. The van der Waals surface area contributed by atoms with Crippen molar-refractivity contribution in [2.24, 2.45) is 0 Å². The highest BCUT2D eigenvalue weighted by Crippen LogP contribution is 2.14. The molecule has 1 aliphatic rings. The van der Waals surface area contributed by atoms with Crippen molar-refractivity contribution >= 4 is 29.0 Å². The molecule has 0 spiro atoms. The first-order valence-corrected chi connectivity index (χ1v) is 9.14. The van der Waals surface area contributed by atoms with Crippen LogP contribution in [0.5, 0.6) is 0 Å². The number of hydrogen-bond acceptors (Lipinski definition) is 5. The number of ether oxygens (including phenoxy) is 1. The first-order valence-electron chi connectivity index (χ1n) is 8.73. The van der Waals surface area contributed by atoms with E-state index in [1.807, 2.05) is 24.3 Å². The monoisotopic (exact) mass is 373 g/mol. The van der Waals surface area contributed by atoms with E-state index in [1.165, 1.54) is 0 Å². The van der Waals surface area contributed by atoms with Crippen molar-refractivity contribution in [3.8, 4) is 0 Å². The molecule has 26 heavy (non-hydrogen) atoms. The first kappa shape index (κ1) is 18.4. The predicted octanol–water partition coefficient (Wildman–Crippen LogP) is 2.97. The van der Waals surface area contributed by atoms with Crippen molar-refractivity contribution in [3.63, 3.8) is 0 Å².